The van der Waals surface area contributed by atoms with E-state index < -0.39 is 11.4 Å². The molecule has 1 amide bonds. The topological polar surface area (TPSA) is 83.6 Å². The highest BCUT2D eigenvalue weighted by molar-refractivity contribution is 5.98. The van der Waals surface area contributed by atoms with Crippen LogP contribution in [0.3, 0.4) is 0 Å². The van der Waals surface area contributed by atoms with E-state index in [0.29, 0.717) is 37.6 Å². The van der Waals surface area contributed by atoms with Crippen LogP contribution < -0.4 is 0 Å². The Morgan fingerprint density at radius 2 is 1.59 bits per heavy atom. The third kappa shape index (κ3) is 3.42. The van der Waals surface area contributed by atoms with Gasteiger partial charge in [0.2, 0.25) is 0 Å². The monoisotopic (exact) mass is 390 g/mol. The normalized spacial score (nSPS) is 15.8. The summed E-state index contributed by atoms with van der Waals surface area (Å²) in [7, 11) is 0. The van der Waals surface area contributed by atoms with Crippen molar-refractivity contribution in [1.29, 1.82) is 0 Å². The van der Waals surface area contributed by atoms with Gasteiger partial charge in [-0.15, -0.1) is 0 Å². The van der Waals surface area contributed by atoms with Crippen molar-refractivity contribution >= 4 is 11.9 Å². The van der Waals surface area contributed by atoms with Crippen LogP contribution in [0.5, 0.6) is 0 Å². The summed E-state index contributed by atoms with van der Waals surface area (Å²) in [5.41, 5.74) is 0.871. The van der Waals surface area contributed by atoms with E-state index in [2.05, 4.69) is 4.98 Å². The van der Waals surface area contributed by atoms with Gasteiger partial charge in [-0.1, -0.05) is 60.7 Å². The van der Waals surface area contributed by atoms with Gasteiger partial charge in [-0.25, -0.2) is 4.98 Å². The maximum absolute atomic E-state index is 13.2. The van der Waals surface area contributed by atoms with Gasteiger partial charge in [0.05, 0.1) is 5.41 Å². The van der Waals surface area contributed by atoms with E-state index in [9.17, 15) is 14.7 Å². The summed E-state index contributed by atoms with van der Waals surface area (Å²) < 4.78 is 5.71. The second kappa shape index (κ2) is 7.54. The van der Waals surface area contributed by atoms with Crippen molar-refractivity contribution in [2.45, 2.75) is 25.2 Å². The average molecular weight is 390 g/mol. The Morgan fingerprint density at radius 1 is 1.00 bits per heavy atom. The molecule has 1 saturated heterocycles. The SMILES string of the molecule is Cc1nc(C(=O)N2CCC(C(=O)O)(c3ccccc3)CC2)c(-c2ccccc2)o1. The maximum atomic E-state index is 13.2. The number of oxazole rings is 1. The maximum Gasteiger partial charge on any atom is 0.314 e. The van der Waals surface area contributed by atoms with Gasteiger partial charge in [-0.3, -0.25) is 9.59 Å². The molecule has 0 unspecified atom stereocenters. The number of hydrogen-bond donors (Lipinski definition) is 1. The summed E-state index contributed by atoms with van der Waals surface area (Å²) in [6.07, 6.45) is 0.713. The van der Waals surface area contributed by atoms with Crippen LogP contribution in [0.1, 0.15) is 34.8 Å². The highest BCUT2D eigenvalue weighted by atomic mass is 16.4. The zero-order valence-electron chi connectivity index (χ0n) is 16.2. The van der Waals surface area contributed by atoms with Gasteiger partial charge in [-0.2, -0.15) is 0 Å². The molecule has 6 nitrogen and oxygen atoms in total. The third-order valence-electron chi connectivity index (χ3n) is 5.61. The highest BCUT2D eigenvalue weighted by Crippen LogP contribution is 2.37. The number of carboxylic acids is 1. The van der Waals surface area contributed by atoms with Crippen LogP contribution in [-0.4, -0.2) is 40.0 Å². The number of piperidine rings is 1. The minimum atomic E-state index is -0.972. The molecule has 0 aliphatic carbocycles. The minimum Gasteiger partial charge on any atom is -0.481 e. The fourth-order valence-electron chi connectivity index (χ4n) is 3.98. The molecular formula is C23H22N2O4. The number of aliphatic carboxylic acids is 1. The molecule has 29 heavy (non-hydrogen) atoms. The van der Waals surface area contributed by atoms with E-state index in [1.807, 2.05) is 60.7 Å². The number of amides is 1. The van der Waals surface area contributed by atoms with Gasteiger partial charge < -0.3 is 14.4 Å². The summed E-state index contributed by atoms with van der Waals surface area (Å²) in [6.45, 7) is 2.41. The molecule has 4 rings (SSSR count). The lowest BCUT2D eigenvalue weighted by Crippen LogP contribution is -2.49. The highest BCUT2D eigenvalue weighted by Gasteiger charge is 2.44. The zero-order valence-corrected chi connectivity index (χ0v) is 16.2. The van der Waals surface area contributed by atoms with Crippen molar-refractivity contribution in [3.8, 4) is 11.3 Å². The molecule has 1 aromatic heterocycles. The van der Waals surface area contributed by atoms with Gasteiger partial charge in [0, 0.05) is 25.6 Å². The summed E-state index contributed by atoms with van der Waals surface area (Å²) in [6, 6.07) is 18.7. The molecule has 1 fully saturated rings. The number of benzene rings is 2. The van der Waals surface area contributed by atoms with Gasteiger partial charge in [0.25, 0.3) is 5.91 Å². The van der Waals surface area contributed by atoms with Crippen LogP contribution >= 0.6 is 0 Å². The number of carboxylic acid groups (broad SMARTS) is 1. The molecule has 1 aliphatic heterocycles. The Morgan fingerprint density at radius 3 is 2.17 bits per heavy atom. The number of hydrogen-bond acceptors (Lipinski definition) is 4. The summed E-state index contributed by atoms with van der Waals surface area (Å²) in [5, 5.41) is 9.95. The fourth-order valence-corrected chi connectivity index (χ4v) is 3.98. The molecule has 3 aromatic rings. The molecule has 0 radical (unpaired) electrons. The lowest BCUT2D eigenvalue weighted by Gasteiger charge is -2.39. The summed E-state index contributed by atoms with van der Waals surface area (Å²) in [4.78, 5) is 31.3. The standard InChI is InChI=1S/C23H22N2O4/c1-16-24-19(20(29-16)17-8-4-2-5-9-17)21(26)25-14-12-23(13-15-25,22(27)28)18-10-6-3-7-11-18/h2-11H,12-15H2,1H3,(H,27,28). The van der Waals surface area contributed by atoms with Crippen molar-refractivity contribution in [3.05, 3.63) is 77.8 Å². The van der Waals surface area contributed by atoms with Crippen LogP contribution in [0.25, 0.3) is 11.3 Å². The lowest BCUT2D eigenvalue weighted by molar-refractivity contribution is -0.145. The van der Waals surface area contributed by atoms with Crippen LogP contribution in [0.2, 0.25) is 0 Å². The van der Waals surface area contributed by atoms with Crippen LogP contribution in [-0.2, 0) is 10.2 Å². The molecular weight excluding hydrogens is 368 g/mol. The Labute approximate surface area is 168 Å². The second-order valence-electron chi connectivity index (χ2n) is 7.32. The zero-order chi connectivity index (χ0) is 20.4. The van der Waals surface area contributed by atoms with Gasteiger partial charge in [0.15, 0.2) is 17.3 Å². The van der Waals surface area contributed by atoms with Crippen molar-refractivity contribution in [2.24, 2.45) is 0 Å². The first-order chi connectivity index (χ1) is 14.0. The van der Waals surface area contributed by atoms with Gasteiger partial charge in [-0.05, 0) is 18.4 Å². The predicted molar refractivity (Wildman–Crippen MR) is 108 cm³/mol. The van der Waals surface area contributed by atoms with Gasteiger partial charge >= 0.3 is 5.97 Å². The van der Waals surface area contributed by atoms with E-state index >= 15 is 0 Å². The lowest BCUT2D eigenvalue weighted by atomic mass is 9.73. The molecule has 0 saturated carbocycles. The minimum absolute atomic E-state index is 0.229. The molecule has 0 bridgehead atoms. The number of nitrogens with zero attached hydrogens (tertiary/aromatic N) is 2. The van der Waals surface area contributed by atoms with E-state index in [4.69, 9.17) is 4.42 Å². The van der Waals surface area contributed by atoms with E-state index in [1.54, 1.807) is 11.8 Å². The Balaban J connectivity index is 1.58. The fraction of sp³-hybridized carbons (Fsp3) is 0.261. The number of aromatic nitrogens is 1. The van der Waals surface area contributed by atoms with Crippen molar-refractivity contribution in [1.82, 2.24) is 9.88 Å². The van der Waals surface area contributed by atoms with Crippen molar-refractivity contribution in [2.75, 3.05) is 13.1 Å². The quantitative estimate of drug-likeness (QED) is 0.730. The molecule has 2 heterocycles. The molecule has 1 aliphatic rings. The van der Waals surface area contributed by atoms with Crippen LogP contribution in [0.15, 0.2) is 65.1 Å². The number of carbonyl (C=O) groups excluding carboxylic acids is 1. The summed E-state index contributed by atoms with van der Waals surface area (Å²) in [5.74, 6) is -0.203. The molecule has 0 atom stereocenters. The molecule has 2 aromatic carbocycles. The van der Waals surface area contributed by atoms with E-state index in [-0.39, 0.29) is 11.6 Å². The van der Waals surface area contributed by atoms with E-state index in [0.717, 1.165) is 11.1 Å². The summed E-state index contributed by atoms with van der Waals surface area (Å²) >= 11 is 0. The number of rotatable bonds is 4. The third-order valence-corrected chi connectivity index (χ3v) is 5.61. The first kappa shape index (κ1) is 18.9. The molecule has 6 heteroatoms. The number of carbonyl (C=O) groups is 2. The van der Waals surface area contributed by atoms with Crippen molar-refractivity contribution in [3.63, 3.8) is 0 Å². The number of likely N-dealkylation sites (tertiary alicyclic amines) is 1. The smallest absolute Gasteiger partial charge is 0.314 e. The number of aryl methyl sites for hydroxylation is 1. The Kier molecular flexibility index (Phi) is 4.92. The molecule has 1 N–H and O–H groups in total. The Hall–Kier alpha value is -3.41. The van der Waals surface area contributed by atoms with Gasteiger partial charge in [0.1, 0.15) is 0 Å². The Bertz CT molecular complexity index is 1020. The molecule has 0 spiro atoms. The predicted octanol–water partition coefficient (Wildman–Crippen LogP) is 3.91. The van der Waals surface area contributed by atoms with Crippen LogP contribution in [0, 0.1) is 6.92 Å². The van der Waals surface area contributed by atoms with E-state index in [1.165, 1.54) is 0 Å². The first-order valence-corrected chi connectivity index (χ1v) is 9.62. The largest absolute Gasteiger partial charge is 0.481 e. The second-order valence-corrected chi connectivity index (χ2v) is 7.32. The first-order valence-electron chi connectivity index (χ1n) is 9.62. The van der Waals surface area contributed by atoms with Crippen LogP contribution in [0.4, 0.5) is 0 Å². The molecule has 148 valence electrons. The average Bonchev–Trinajstić information content (AvgIpc) is 3.16. The van der Waals surface area contributed by atoms with Crippen molar-refractivity contribution < 1.29 is 19.1 Å².